The van der Waals surface area contributed by atoms with Crippen LogP contribution < -0.4 is 0 Å². The van der Waals surface area contributed by atoms with Crippen molar-refractivity contribution in [3.8, 4) is 0 Å². The largest absolute Gasteiger partial charge is 0.397 e. The molecule has 0 spiro atoms. The Morgan fingerprint density at radius 3 is 1.47 bits per heavy atom. The fraction of sp³-hybridized carbons (Fsp3) is 1.00. The molecule has 0 aromatic carbocycles. The van der Waals surface area contributed by atoms with Gasteiger partial charge in [0, 0.05) is 0 Å². The molecule has 38 heavy (non-hydrogen) atoms. The number of ether oxygens (including phenoxy) is 5. The fourth-order valence-electron chi connectivity index (χ4n) is 4.29. The van der Waals surface area contributed by atoms with Crippen LogP contribution in [0.4, 0.5) is 0 Å². The van der Waals surface area contributed by atoms with Gasteiger partial charge in [-0.3, -0.25) is 4.55 Å². The average Bonchev–Trinajstić information content (AvgIpc) is 2.86. The quantitative estimate of drug-likeness (QED) is 0.112. The lowest BCUT2D eigenvalue weighted by Gasteiger charge is -2.48. The van der Waals surface area contributed by atoms with Crippen molar-refractivity contribution in [1.82, 2.24) is 0 Å². The Bertz CT molecular complexity index is 859. The smallest absolute Gasteiger partial charge is 0.394 e. The van der Waals surface area contributed by atoms with Gasteiger partial charge in [0.05, 0.1) is 19.8 Å². The molecule has 0 bridgehead atoms. The van der Waals surface area contributed by atoms with Crippen LogP contribution in [0.1, 0.15) is 0 Å². The van der Waals surface area contributed by atoms with Gasteiger partial charge in [-0.2, -0.15) is 8.42 Å². The first kappa shape index (κ1) is 31.8. The summed E-state index contributed by atoms with van der Waals surface area (Å²) >= 11 is 0. The van der Waals surface area contributed by atoms with Crippen molar-refractivity contribution < 1.29 is 91.9 Å². The van der Waals surface area contributed by atoms with Gasteiger partial charge in [-0.25, -0.2) is 4.18 Å². The van der Waals surface area contributed by atoms with Gasteiger partial charge in [-0.1, -0.05) is 0 Å². The molecule has 0 saturated carbocycles. The van der Waals surface area contributed by atoms with Gasteiger partial charge in [-0.15, -0.1) is 0 Å². The topological polar surface area (TPSA) is 312 Å². The predicted octanol–water partition coefficient (Wildman–Crippen LogP) is -7.75. The third-order valence-electron chi connectivity index (χ3n) is 6.30. The molecule has 11 N–H and O–H groups in total. The Kier molecular flexibility index (Phi) is 10.7. The van der Waals surface area contributed by atoms with E-state index in [-0.39, 0.29) is 0 Å². The molecule has 3 saturated heterocycles. The number of rotatable bonds is 9. The van der Waals surface area contributed by atoms with Crippen LogP contribution in [-0.4, -0.2) is 176 Å². The van der Waals surface area contributed by atoms with E-state index in [1.165, 1.54) is 0 Å². The summed E-state index contributed by atoms with van der Waals surface area (Å²) < 4.78 is 61.9. The summed E-state index contributed by atoms with van der Waals surface area (Å²) in [6, 6.07) is 0. The molecular weight excluding hydrogens is 552 g/mol. The minimum absolute atomic E-state index is 0.831. The number of aliphatic hydroxyl groups is 10. The maximum Gasteiger partial charge on any atom is 0.397 e. The van der Waals surface area contributed by atoms with Crippen molar-refractivity contribution in [2.45, 2.75) is 92.1 Å². The second kappa shape index (κ2) is 12.8. The van der Waals surface area contributed by atoms with E-state index >= 15 is 0 Å². The predicted molar refractivity (Wildman–Crippen MR) is 112 cm³/mol. The molecule has 0 amide bonds. The van der Waals surface area contributed by atoms with Gasteiger partial charge in [0.15, 0.2) is 18.9 Å². The van der Waals surface area contributed by atoms with Crippen LogP contribution in [0.25, 0.3) is 0 Å². The lowest BCUT2D eigenvalue weighted by Crippen LogP contribution is -2.67. The molecule has 0 aliphatic carbocycles. The highest BCUT2D eigenvalue weighted by Crippen LogP contribution is 2.33. The molecule has 224 valence electrons. The van der Waals surface area contributed by atoms with Gasteiger partial charge in [0.2, 0.25) is 0 Å². The summed E-state index contributed by atoms with van der Waals surface area (Å²) in [7, 11) is -5.24. The highest BCUT2D eigenvalue weighted by atomic mass is 32.3. The van der Waals surface area contributed by atoms with E-state index in [1.807, 2.05) is 0 Å². The van der Waals surface area contributed by atoms with Gasteiger partial charge < -0.3 is 74.7 Å². The van der Waals surface area contributed by atoms with Crippen LogP contribution in [-0.2, 0) is 38.3 Å². The van der Waals surface area contributed by atoms with Crippen LogP contribution in [0.2, 0.25) is 0 Å². The van der Waals surface area contributed by atoms with Crippen LogP contribution in [0.3, 0.4) is 0 Å². The van der Waals surface area contributed by atoms with Crippen molar-refractivity contribution in [2.75, 3.05) is 19.8 Å². The minimum atomic E-state index is -5.24. The molecule has 3 aliphatic rings. The fourth-order valence-corrected chi connectivity index (χ4v) is 4.80. The maximum atomic E-state index is 11.2. The second-order valence-electron chi connectivity index (χ2n) is 8.83. The lowest BCUT2D eigenvalue weighted by molar-refractivity contribution is -0.378. The molecule has 3 rings (SSSR count). The Balaban J connectivity index is 1.83. The van der Waals surface area contributed by atoms with E-state index in [1.54, 1.807) is 0 Å². The molecule has 0 aromatic heterocycles. The standard InChI is InChI=1S/C18H32O19S/c19-1-4-7(22)14(36-18-12(27)15(37-38(29,30)31)8(23)5(2-20)34-18)11(26)17(33-4)35-13-6(3-21)32-16(28)10(25)9(13)24/h4-28H,1-3H2,(H,29,30,31)/t4-,5-,6-,7+,8+,9-,10-,11-,12-,13-,14-,15+,16-,17+,18-/m1/s1. The van der Waals surface area contributed by atoms with Gasteiger partial charge >= 0.3 is 10.4 Å². The van der Waals surface area contributed by atoms with Crippen LogP contribution >= 0.6 is 0 Å². The Morgan fingerprint density at radius 1 is 0.553 bits per heavy atom. The van der Waals surface area contributed by atoms with Crippen LogP contribution in [0.15, 0.2) is 0 Å². The molecule has 3 aliphatic heterocycles. The first-order valence-corrected chi connectivity index (χ1v) is 12.6. The molecule has 0 aromatic rings. The van der Waals surface area contributed by atoms with E-state index in [9.17, 15) is 59.5 Å². The number of hydrogen-bond donors (Lipinski definition) is 11. The summed E-state index contributed by atoms with van der Waals surface area (Å²) in [5, 5.41) is 100. The van der Waals surface area contributed by atoms with E-state index < -0.39 is 122 Å². The summed E-state index contributed by atoms with van der Waals surface area (Å²) in [6.07, 6.45) is -28.0. The van der Waals surface area contributed by atoms with Crippen molar-refractivity contribution >= 4 is 10.4 Å². The molecule has 20 heteroatoms. The third kappa shape index (κ3) is 6.76. The molecule has 3 fully saturated rings. The molecule has 15 atom stereocenters. The first-order chi connectivity index (χ1) is 17.7. The van der Waals surface area contributed by atoms with E-state index in [0.717, 1.165) is 0 Å². The van der Waals surface area contributed by atoms with Crippen molar-refractivity contribution in [3.05, 3.63) is 0 Å². The third-order valence-corrected chi connectivity index (χ3v) is 6.76. The first-order valence-electron chi connectivity index (χ1n) is 11.3. The number of hydrogen-bond acceptors (Lipinski definition) is 18. The normalized spacial score (nSPS) is 48.7. The van der Waals surface area contributed by atoms with Crippen molar-refractivity contribution in [1.29, 1.82) is 0 Å². The average molecular weight is 585 g/mol. The number of aliphatic hydroxyl groups excluding tert-OH is 10. The highest BCUT2D eigenvalue weighted by molar-refractivity contribution is 7.80. The van der Waals surface area contributed by atoms with E-state index in [2.05, 4.69) is 4.18 Å². The zero-order valence-corrected chi connectivity index (χ0v) is 20.2. The van der Waals surface area contributed by atoms with Gasteiger partial charge in [0.1, 0.15) is 73.2 Å². The van der Waals surface area contributed by atoms with Crippen molar-refractivity contribution in [3.63, 3.8) is 0 Å². The molecule has 3 heterocycles. The monoisotopic (exact) mass is 584 g/mol. The van der Waals surface area contributed by atoms with Crippen LogP contribution in [0.5, 0.6) is 0 Å². The summed E-state index contributed by atoms with van der Waals surface area (Å²) in [5.74, 6) is 0. The molecule has 0 unspecified atom stereocenters. The van der Waals surface area contributed by atoms with Gasteiger partial charge in [-0.05, 0) is 0 Å². The Hall–Kier alpha value is -0.730. The maximum absolute atomic E-state index is 11.2. The van der Waals surface area contributed by atoms with Gasteiger partial charge in [0.25, 0.3) is 0 Å². The van der Waals surface area contributed by atoms with E-state index in [4.69, 9.17) is 28.2 Å². The highest BCUT2D eigenvalue weighted by Gasteiger charge is 2.54. The zero-order chi connectivity index (χ0) is 28.5. The molecule has 0 radical (unpaired) electrons. The Labute approximate surface area is 214 Å². The Morgan fingerprint density at radius 2 is 1.00 bits per heavy atom. The molecular formula is C18H32O19S. The summed E-state index contributed by atoms with van der Waals surface area (Å²) in [5.41, 5.74) is 0. The summed E-state index contributed by atoms with van der Waals surface area (Å²) in [6.45, 7) is -2.69. The van der Waals surface area contributed by atoms with E-state index in [0.29, 0.717) is 0 Å². The second-order valence-corrected chi connectivity index (χ2v) is 9.88. The lowest BCUT2D eigenvalue weighted by atomic mass is 9.96. The molecule has 19 nitrogen and oxygen atoms in total. The van der Waals surface area contributed by atoms with Crippen molar-refractivity contribution in [2.24, 2.45) is 0 Å². The minimum Gasteiger partial charge on any atom is -0.394 e. The summed E-state index contributed by atoms with van der Waals surface area (Å²) in [4.78, 5) is 0. The SMILES string of the molecule is O=S(=O)(O)O[C@H]1[C@@H](O)[C@@H](CO)O[C@H](O[C@@H]2[C@@H](O)[C@@H](CO)O[C@@H](O[C@H]3[C@H](O)[C@@H](O)[C@H](O)O[C@@H]3CO)[C@@H]2O)[C@@H]1O. The zero-order valence-electron chi connectivity index (χ0n) is 19.4. The van der Waals surface area contributed by atoms with Crippen LogP contribution in [0, 0.1) is 0 Å².